The van der Waals surface area contributed by atoms with Crippen molar-refractivity contribution in [1.82, 2.24) is 0 Å². The van der Waals surface area contributed by atoms with Crippen LogP contribution in [0.5, 0.6) is 0 Å². The van der Waals surface area contributed by atoms with Crippen molar-refractivity contribution in [3.63, 3.8) is 0 Å². The Kier molecular flexibility index (Phi) is 1.93. The molecule has 1 aliphatic carbocycles. The van der Waals surface area contributed by atoms with Gasteiger partial charge in [0.15, 0.2) is 0 Å². The van der Waals surface area contributed by atoms with E-state index in [1.54, 1.807) is 0 Å². The van der Waals surface area contributed by atoms with Gasteiger partial charge in [0, 0.05) is 18.0 Å². The van der Waals surface area contributed by atoms with Gasteiger partial charge in [-0.15, -0.1) is 0 Å². The van der Waals surface area contributed by atoms with Crippen LogP contribution in [0.1, 0.15) is 18.4 Å². The Morgan fingerprint density at radius 3 is 3.07 bits per heavy atom. The van der Waals surface area contributed by atoms with Gasteiger partial charge in [-0.05, 0) is 31.0 Å². The van der Waals surface area contributed by atoms with Crippen molar-refractivity contribution in [3.05, 3.63) is 23.8 Å². The summed E-state index contributed by atoms with van der Waals surface area (Å²) in [5, 5.41) is 8.82. The molecule has 4 heteroatoms. The minimum Gasteiger partial charge on any atom is -0.328 e. The zero-order chi connectivity index (χ0) is 10.3. The van der Waals surface area contributed by atoms with Crippen LogP contribution in [-0.2, 0) is 0 Å². The van der Waals surface area contributed by atoms with E-state index in [0.29, 0.717) is 11.6 Å². The van der Waals surface area contributed by atoms with Crippen molar-refractivity contribution >= 4 is 24.0 Å². The lowest BCUT2D eigenvalue weighted by Crippen LogP contribution is -2.25. The van der Waals surface area contributed by atoms with E-state index in [-0.39, 0.29) is 0 Å². The molecule has 15 heavy (non-hydrogen) atoms. The molecular weight excluding hydrogens is 206 g/mol. The quantitative estimate of drug-likeness (QED) is 0.676. The molecule has 3 nitrogen and oxygen atoms in total. The third-order valence-corrected chi connectivity index (χ3v) is 3.35. The van der Waals surface area contributed by atoms with E-state index >= 15 is 0 Å². The highest BCUT2D eigenvalue weighted by Gasteiger charge is 2.31. The highest BCUT2D eigenvalue weighted by molar-refractivity contribution is 7.98. The van der Waals surface area contributed by atoms with Gasteiger partial charge in [-0.2, -0.15) is 5.26 Å². The van der Waals surface area contributed by atoms with Gasteiger partial charge in [0.25, 0.3) is 0 Å². The molecule has 74 valence electrons. The number of hydrogen-bond donors (Lipinski definition) is 0. The zero-order valence-electron chi connectivity index (χ0n) is 8.05. The summed E-state index contributed by atoms with van der Waals surface area (Å²) in [4.78, 5) is 3.30. The molecule has 1 aromatic carbocycles. The number of nitriles is 1. The molecule has 0 aromatic heterocycles. The summed E-state index contributed by atoms with van der Waals surface area (Å²) in [6.07, 6.45) is 4.39. The lowest BCUT2D eigenvalue weighted by atomic mass is 10.2. The Balaban J connectivity index is 2.04. The van der Waals surface area contributed by atoms with Gasteiger partial charge in [-0.3, -0.25) is 0 Å². The summed E-state index contributed by atoms with van der Waals surface area (Å²) in [5.41, 5.74) is 1.89. The first-order valence-electron chi connectivity index (χ1n) is 4.91. The van der Waals surface area contributed by atoms with Crippen LogP contribution >= 0.6 is 11.9 Å². The highest BCUT2D eigenvalue weighted by atomic mass is 32.2. The lowest BCUT2D eigenvalue weighted by Gasteiger charge is -2.24. The monoisotopic (exact) mass is 215 g/mol. The van der Waals surface area contributed by atoms with Gasteiger partial charge in [0.1, 0.15) is 6.34 Å². The molecule has 0 amide bonds. The minimum atomic E-state index is 0.626. The standard InChI is InChI=1S/C11H9N3S/c12-6-8-1-4-10-11(5-8)15-13-7-14(10)9-2-3-9/h1,4-5,7,9H,2-3H2. The maximum atomic E-state index is 8.82. The van der Waals surface area contributed by atoms with Gasteiger partial charge in [-0.1, -0.05) is 0 Å². The second-order valence-electron chi connectivity index (χ2n) is 3.74. The van der Waals surface area contributed by atoms with Crippen LogP contribution in [-0.4, -0.2) is 12.4 Å². The molecule has 0 saturated heterocycles. The average molecular weight is 215 g/mol. The molecule has 1 saturated carbocycles. The number of anilines is 1. The van der Waals surface area contributed by atoms with Crippen molar-refractivity contribution in [1.29, 1.82) is 5.26 Å². The number of hydrogen-bond acceptors (Lipinski definition) is 4. The van der Waals surface area contributed by atoms with E-state index in [4.69, 9.17) is 5.26 Å². The summed E-state index contributed by atoms with van der Waals surface area (Å²) in [5.74, 6) is 0. The third kappa shape index (κ3) is 1.49. The number of benzene rings is 1. The normalized spacial score (nSPS) is 18.5. The molecule has 1 aliphatic heterocycles. The van der Waals surface area contributed by atoms with Crippen molar-refractivity contribution in [2.24, 2.45) is 4.40 Å². The summed E-state index contributed by atoms with van der Waals surface area (Å²) < 4.78 is 4.24. The molecule has 1 aromatic rings. The summed E-state index contributed by atoms with van der Waals surface area (Å²) in [7, 11) is 0. The predicted octanol–water partition coefficient (Wildman–Crippen LogP) is 2.58. The van der Waals surface area contributed by atoms with Crippen LogP contribution in [0.25, 0.3) is 0 Å². The molecule has 0 spiro atoms. The van der Waals surface area contributed by atoms with Gasteiger partial charge >= 0.3 is 0 Å². The Morgan fingerprint density at radius 2 is 2.33 bits per heavy atom. The van der Waals surface area contributed by atoms with E-state index in [9.17, 15) is 0 Å². The number of nitrogens with zero attached hydrogens (tertiary/aromatic N) is 3. The SMILES string of the molecule is N#Cc1ccc2c(c1)SN=CN2C1CC1. The predicted molar refractivity (Wildman–Crippen MR) is 61.0 cm³/mol. The summed E-state index contributed by atoms with van der Waals surface area (Å²) in [6, 6.07) is 8.58. The van der Waals surface area contributed by atoms with E-state index in [1.165, 1.54) is 30.5 Å². The fraction of sp³-hybridized carbons (Fsp3) is 0.273. The van der Waals surface area contributed by atoms with Gasteiger partial charge in [-0.25, -0.2) is 4.40 Å². The van der Waals surface area contributed by atoms with Crippen molar-refractivity contribution in [2.45, 2.75) is 23.8 Å². The molecule has 1 heterocycles. The maximum absolute atomic E-state index is 8.82. The first-order valence-corrected chi connectivity index (χ1v) is 5.69. The molecule has 0 bridgehead atoms. The third-order valence-electron chi connectivity index (χ3n) is 2.63. The van der Waals surface area contributed by atoms with Crippen LogP contribution in [0.3, 0.4) is 0 Å². The van der Waals surface area contributed by atoms with E-state index in [0.717, 1.165) is 4.90 Å². The Bertz CT molecular complexity index is 471. The first kappa shape index (κ1) is 8.81. The van der Waals surface area contributed by atoms with Crippen molar-refractivity contribution in [3.8, 4) is 6.07 Å². The molecule has 0 N–H and O–H groups in total. The van der Waals surface area contributed by atoms with E-state index < -0.39 is 0 Å². The van der Waals surface area contributed by atoms with E-state index in [2.05, 4.69) is 15.4 Å². The second-order valence-corrected chi connectivity index (χ2v) is 4.58. The Labute approximate surface area is 92.6 Å². The van der Waals surface area contributed by atoms with Crippen LogP contribution in [0.4, 0.5) is 5.69 Å². The van der Waals surface area contributed by atoms with Crippen LogP contribution in [0.15, 0.2) is 27.5 Å². The molecule has 1 fully saturated rings. The maximum Gasteiger partial charge on any atom is 0.104 e. The van der Waals surface area contributed by atoms with E-state index in [1.807, 2.05) is 24.5 Å². The largest absolute Gasteiger partial charge is 0.328 e. The van der Waals surface area contributed by atoms with Crippen LogP contribution < -0.4 is 4.90 Å². The smallest absolute Gasteiger partial charge is 0.104 e. The number of rotatable bonds is 1. The second kappa shape index (κ2) is 3.28. The van der Waals surface area contributed by atoms with Gasteiger partial charge in [0.2, 0.25) is 0 Å². The molecule has 3 rings (SSSR count). The molecule has 2 aliphatic rings. The molecule has 0 unspecified atom stereocenters. The molecule has 0 radical (unpaired) electrons. The van der Waals surface area contributed by atoms with Crippen LogP contribution in [0.2, 0.25) is 0 Å². The zero-order valence-corrected chi connectivity index (χ0v) is 8.87. The Hall–Kier alpha value is -1.47. The van der Waals surface area contributed by atoms with Crippen molar-refractivity contribution in [2.75, 3.05) is 4.90 Å². The summed E-state index contributed by atoms with van der Waals surface area (Å²) in [6.45, 7) is 0. The summed E-state index contributed by atoms with van der Waals surface area (Å²) >= 11 is 1.44. The average Bonchev–Trinajstić information content (AvgIpc) is 3.11. The first-order chi connectivity index (χ1) is 7.38. The van der Waals surface area contributed by atoms with Crippen LogP contribution in [0, 0.1) is 11.3 Å². The fourth-order valence-electron chi connectivity index (χ4n) is 1.71. The molecular formula is C11H9N3S. The Morgan fingerprint density at radius 1 is 1.47 bits per heavy atom. The lowest BCUT2D eigenvalue weighted by molar-refractivity contribution is 0.996. The van der Waals surface area contributed by atoms with Gasteiger partial charge in [0.05, 0.1) is 22.2 Å². The number of fused-ring (bicyclic) bond motifs is 1. The topological polar surface area (TPSA) is 39.4 Å². The fourth-order valence-corrected chi connectivity index (χ4v) is 2.42. The van der Waals surface area contributed by atoms with Gasteiger partial charge < -0.3 is 4.90 Å². The minimum absolute atomic E-state index is 0.626. The van der Waals surface area contributed by atoms with Crippen molar-refractivity contribution < 1.29 is 0 Å². The highest BCUT2D eigenvalue weighted by Crippen LogP contribution is 2.40. The molecule has 0 atom stereocenters.